The standard InChI is InChI=1S/C22H21NO3S/c1-23(2)18-9-7-17(8-10-18)21-13-12-20(27-21)16-5-3-15(4-6-16)19(24)11-14-22(25)26/h3-10,12-13H,11,14H2,1-2H3,(H,25,26). The first-order valence-corrected chi connectivity index (χ1v) is 9.49. The van der Waals surface area contributed by atoms with Crippen LogP contribution < -0.4 is 4.90 Å². The van der Waals surface area contributed by atoms with E-state index in [2.05, 4.69) is 41.3 Å². The number of rotatable bonds is 7. The van der Waals surface area contributed by atoms with Crippen LogP contribution in [0.15, 0.2) is 60.7 Å². The fraction of sp³-hybridized carbons (Fsp3) is 0.182. The van der Waals surface area contributed by atoms with Crippen LogP contribution in [0.5, 0.6) is 0 Å². The monoisotopic (exact) mass is 379 g/mol. The number of carboxylic acids is 1. The number of carboxylic acid groups (broad SMARTS) is 1. The normalized spacial score (nSPS) is 10.6. The van der Waals surface area contributed by atoms with Crippen LogP contribution in [0, 0.1) is 0 Å². The molecule has 0 bridgehead atoms. The van der Waals surface area contributed by atoms with Gasteiger partial charge >= 0.3 is 5.97 Å². The summed E-state index contributed by atoms with van der Waals surface area (Å²) in [4.78, 5) is 27.0. The number of carbonyl (C=O) groups is 2. The molecular weight excluding hydrogens is 358 g/mol. The van der Waals surface area contributed by atoms with Crippen molar-refractivity contribution in [3.63, 3.8) is 0 Å². The molecule has 0 spiro atoms. The smallest absolute Gasteiger partial charge is 0.303 e. The van der Waals surface area contributed by atoms with Crippen molar-refractivity contribution in [2.75, 3.05) is 19.0 Å². The van der Waals surface area contributed by atoms with Crippen LogP contribution in [-0.2, 0) is 4.79 Å². The number of ketones is 1. The number of carbonyl (C=O) groups excluding carboxylic acids is 1. The third kappa shape index (κ3) is 4.63. The Balaban J connectivity index is 1.74. The summed E-state index contributed by atoms with van der Waals surface area (Å²) >= 11 is 1.71. The van der Waals surface area contributed by atoms with Gasteiger partial charge in [-0.05, 0) is 35.4 Å². The first kappa shape index (κ1) is 18.9. The molecular formula is C22H21NO3S. The van der Waals surface area contributed by atoms with Crippen LogP contribution >= 0.6 is 11.3 Å². The Bertz CT molecular complexity index is 940. The minimum atomic E-state index is -0.954. The maximum atomic E-state index is 12.0. The largest absolute Gasteiger partial charge is 0.481 e. The first-order chi connectivity index (χ1) is 12.9. The molecule has 0 aliphatic carbocycles. The Morgan fingerprint density at radius 2 is 1.33 bits per heavy atom. The summed E-state index contributed by atoms with van der Waals surface area (Å²) in [6.07, 6.45) is -0.109. The highest BCUT2D eigenvalue weighted by molar-refractivity contribution is 7.18. The van der Waals surface area contributed by atoms with Crippen molar-refractivity contribution in [2.45, 2.75) is 12.8 Å². The molecule has 2 aromatic carbocycles. The van der Waals surface area contributed by atoms with E-state index in [1.54, 1.807) is 23.5 Å². The van der Waals surface area contributed by atoms with Gasteiger partial charge in [-0.2, -0.15) is 0 Å². The van der Waals surface area contributed by atoms with E-state index in [0.29, 0.717) is 5.56 Å². The minimum Gasteiger partial charge on any atom is -0.481 e. The van der Waals surface area contributed by atoms with Crippen LogP contribution in [0.4, 0.5) is 5.69 Å². The molecule has 3 rings (SSSR count). The van der Waals surface area contributed by atoms with E-state index in [1.165, 1.54) is 16.1 Å². The first-order valence-electron chi connectivity index (χ1n) is 8.67. The predicted molar refractivity (Wildman–Crippen MR) is 111 cm³/mol. The Hall–Kier alpha value is -2.92. The molecule has 4 nitrogen and oxygen atoms in total. The van der Waals surface area contributed by atoms with E-state index in [0.717, 1.165) is 10.4 Å². The second-order valence-electron chi connectivity index (χ2n) is 6.50. The number of benzene rings is 2. The van der Waals surface area contributed by atoms with E-state index in [4.69, 9.17) is 5.11 Å². The molecule has 0 fully saturated rings. The summed E-state index contributed by atoms with van der Waals surface area (Å²) in [6, 6.07) is 20.0. The SMILES string of the molecule is CN(C)c1ccc(-c2ccc(-c3ccc(C(=O)CCC(=O)O)cc3)s2)cc1. The number of Topliss-reactive ketones (excluding diaryl/α,β-unsaturated/α-hetero) is 1. The van der Waals surface area contributed by atoms with E-state index in [9.17, 15) is 9.59 Å². The quantitative estimate of drug-likeness (QED) is 0.574. The van der Waals surface area contributed by atoms with Crippen LogP contribution in [0.25, 0.3) is 20.9 Å². The summed E-state index contributed by atoms with van der Waals surface area (Å²) in [5, 5.41) is 8.69. The summed E-state index contributed by atoms with van der Waals surface area (Å²) in [7, 11) is 4.04. The van der Waals surface area contributed by atoms with Crippen molar-refractivity contribution in [2.24, 2.45) is 0 Å². The maximum absolute atomic E-state index is 12.0. The zero-order valence-electron chi connectivity index (χ0n) is 15.3. The van der Waals surface area contributed by atoms with Gasteiger partial charge in [0.1, 0.15) is 0 Å². The lowest BCUT2D eigenvalue weighted by molar-refractivity contribution is -0.136. The minimum absolute atomic E-state index is 0.0285. The van der Waals surface area contributed by atoms with E-state index < -0.39 is 5.97 Å². The van der Waals surface area contributed by atoms with E-state index in [-0.39, 0.29) is 18.6 Å². The Morgan fingerprint density at radius 3 is 1.81 bits per heavy atom. The number of hydrogen-bond donors (Lipinski definition) is 1. The Kier molecular flexibility index (Phi) is 5.72. The average molecular weight is 379 g/mol. The summed E-state index contributed by atoms with van der Waals surface area (Å²) < 4.78 is 0. The lowest BCUT2D eigenvalue weighted by atomic mass is 10.0. The van der Waals surface area contributed by atoms with Gasteiger partial charge in [-0.1, -0.05) is 36.4 Å². The molecule has 0 radical (unpaired) electrons. The molecule has 138 valence electrons. The molecule has 0 saturated heterocycles. The van der Waals surface area contributed by atoms with Gasteiger partial charge in [0.2, 0.25) is 0 Å². The maximum Gasteiger partial charge on any atom is 0.303 e. The van der Waals surface area contributed by atoms with Crippen molar-refractivity contribution < 1.29 is 14.7 Å². The molecule has 0 unspecified atom stereocenters. The van der Waals surface area contributed by atoms with Crippen molar-refractivity contribution in [3.05, 3.63) is 66.2 Å². The molecule has 0 atom stereocenters. The molecule has 1 N–H and O–H groups in total. The highest BCUT2D eigenvalue weighted by Gasteiger charge is 2.10. The third-order valence-corrected chi connectivity index (χ3v) is 5.51. The second-order valence-corrected chi connectivity index (χ2v) is 7.58. The molecule has 3 aromatic rings. The molecule has 1 heterocycles. The molecule has 27 heavy (non-hydrogen) atoms. The van der Waals surface area contributed by atoms with Crippen molar-refractivity contribution in [1.82, 2.24) is 0 Å². The topological polar surface area (TPSA) is 57.6 Å². The number of hydrogen-bond acceptors (Lipinski definition) is 4. The van der Waals surface area contributed by atoms with Crippen LogP contribution in [-0.4, -0.2) is 31.0 Å². The Labute approximate surface area is 162 Å². The molecule has 0 aliphatic heterocycles. The van der Waals surface area contributed by atoms with Gasteiger partial charge in [0, 0.05) is 41.5 Å². The molecule has 1 aromatic heterocycles. The molecule has 5 heteroatoms. The Morgan fingerprint density at radius 1 is 0.815 bits per heavy atom. The van der Waals surface area contributed by atoms with Crippen molar-refractivity contribution in [1.29, 1.82) is 0 Å². The number of aliphatic carboxylic acids is 1. The van der Waals surface area contributed by atoms with Crippen LogP contribution in [0.2, 0.25) is 0 Å². The summed E-state index contributed by atoms with van der Waals surface area (Å²) in [6.45, 7) is 0. The average Bonchev–Trinajstić information content (AvgIpc) is 3.16. The molecule has 0 amide bonds. The zero-order valence-corrected chi connectivity index (χ0v) is 16.1. The zero-order chi connectivity index (χ0) is 19.4. The van der Waals surface area contributed by atoms with E-state index in [1.807, 2.05) is 26.2 Å². The fourth-order valence-electron chi connectivity index (χ4n) is 2.76. The predicted octanol–water partition coefficient (Wildman–Crippen LogP) is 5.20. The highest BCUT2D eigenvalue weighted by atomic mass is 32.1. The van der Waals surface area contributed by atoms with Crippen molar-refractivity contribution >= 4 is 28.8 Å². The van der Waals surface area contributed by atoms with Gasteiger partial charge < -0.3 is 10.0 Å². The second kappa shape index (κ2) is 8.18. The van der Waals surface area contributed by atoms with Crippen molar-refractivity contribution in [3.8, 4) is 20.9 Å². The number of thiophene rings is 1. The fourth-order valence-corrected chi connectivity index (χ4v) is 3.77. The van der Waals surface area contributed by atoms with Gasteiger partial charge in [-0.15, -0.1) is 11.3 Å². The molecule has 0 aliphatic rings. The van der Waals surface area contributed by atoms with Gasteiger partial charge in [-0.25, -0.2) is 0 Å². The third-order valence-electron chi connectivity index (χ3n) is 4.33. The van der Waals surface area contributed by atoms with Crippen LogP contribution in [0.1, 0.15) is 23.2 Å². The van der Waals surface area contributed by atoms with Gasteiger partial charge in [0.15, 0.2) is 5.78 Å². The molecule has 0 saturated carbocycles. The lowest BCUT2D eigenvalue weighted by Crippen LogP contribution is -2.07. The van der Waals surface area contributed by atoms with Crippen LogP contribution in [0.3, 0.4) is 0 Å². The highest BCUT2D eigenvalue weighted by Crippen LogP contribution is 2.35. The van der Waals surface area contributed by atoms with Gasteiger partial charge in [0.05, 0.1) is 6.42 Å². The number of anilines is 1. The van der Waals surface area contributed by atoms with E-state index >= 15 is 0 Å². The van der Waals surface area contributed by atoms with Gasteiger partial charge in [-0.3, -0.25) is 9.59 Å². The summed E-state index contributed by atoms with van der Waals surface area (Å²) in [5.74, 6) is -1.10. The van der Waals surface area contributed by atoms with Gasteiger partial charge in [0.25, 0.3) is 0 Å². The summed E-state index contributed by atoms with van der Waals surface area (Å²) in [5.41, 5.74) is 3.94. The number of nitrogens with zero attached hydrogens (tertiary/aromatic N) is 1. The lowest BCUT2D eigenvalue weighted by Gasteiger charge is -2.12.